The summed E-state index contributed by atoms with van der Waals surface area (Å²) in [6.45, 7) is 1.02. The van der Waals surface area contributed by atoms with E-state index in [0.29, 0.717) is 4.90 Å². The average molecular weight is 397 g/mol. The number of aromatic amines is 1. The van der Waals surface area contributed by atoms with Crippen LogP contribution >= 0.6 is 46.6 Å². The van der Waals surface area contributed by atoms with Crippen LogP contribution in [0.3, 0.4) is 0 Å². The highest BCUT2D eigenvalue weighted by Gasteiger charge is 2.27. The molecule has 0 aliphatic rings. The summed E-state index contributed by atoms with van der Waals surface area (Å²) >= 11 is 18.5. The molecule has 4 nitrogen and oxygen atoms in total. The van der Waals surface area contributed by atoms with Crippen LogP contribution in [0.4, 0.5) is 4.39 Å². The molecule has 1 aromatic carbocycles. The van der Waals surface area contributed by atoms with Crippen LogP contribution in [0.2, 0.25) is 10.0 Å². The van der Waals surface area contributed by atoms with Crippen molar-refractivity contribution in [3.8, 4) is 0 Å². The van der Waals surface area contributed by atoms with E-state index < -0.39 is 22.2 Å². The predicted molar refractivity (Wildman–Crippen MR) is 88.9 cm³/mol. The van der Waals surface area contributed by atoms with Gasteiger partial charge in [-0.25, -0.2) is 9.18 Å². The zero-order chi connectivity index (χ0) is 17.4. The van der Waals surface area contributed by atoms with Gasteiger partial charge in [-0.05, 0) is 25.1 Å². The molecule has 1 atom stereocenters. The molecule has 122 valence electrons. The quantitative estimate of drug-likeness (QED) is 0.720. The molecule has 0 saturated heterocycles. The van der Waals surface area contributed by atoms with E-state index in [2.05, 4.69) is 4.98 Å². The molecule has 0 spiro atoms. The Hall–Kier alpha value is -1.21. The number of hydrogen-bond acceptors (Lipinski definition) is 3. The second-order valence-corrected chi connectivity index (χ2v) is 7.17. The highest BCUT2D eigenvalue weighted by atomic mass is 35.5. The van der Waals surface area contributed by atoms with Gasteiger partial charge in [-0.3, -0.25) is 4.79 Å². The minimum atomic E-state index is -2.37. The normalized spacial score (nSPS) is 13.6. The van der Waals surface area contributed by atoms with Gasteiger partial charge < -0.3 is 10.1 Å². The highest BCUT2D eigenvalue weighted by molar-refractivity contribution is 7.99. The SMILES string of the molecule is CC(F)(Cl)c1cc(Sc2c(Cl)cccc2Cl)c(C(=O)O)c(=O)[nH]1. The smallest absolute Gasteiger partial charge is 0.342 e. The molecule has 0 radical (unpaired) electrons. The summed E-state index contributed by atoms with van der Waals surface area (Å²) in [4.78, 5) is 25.8. The number of aromatic nitrogens is 1. The Balaban J connectivity index is 2.67. The molecule has 1 heterocycles. The number of halogens is 4. The van der Waals surface area contributed by atoms with Gasteiger partial charge in [0.25, 0.3) is 5.56 Å². The van der Waals surface area contributed by atoms with Crippen LogP contribution in [0.5, 0.6) is 0 Å². The van der Waals surface area contributed by atoms with Crippen molar-refractivity contribution in [3.05, 3.63) is 55.9 Å². The summed E-state index contributed by atoms with van der Waals surface area (Å²) in [5.41, 5.74) is -1.78. The lowest BCUT2D eigenvalue weighted by molar-refractivity contribution is 0.0690. The Kier molecular flexibility index (Phi) is 5.30. The van der Waals surface area contributed by atoms with E-state index in [4.69, 9.17) is 34.8 Å². The Bertz CT molecular complexity index is 813. The molecule has 2 aromatic rings. The van der Waals surface area contributed by atoms with Crippen LogP contribution in [-0.2, 0) is 5.13 Å². The van der Waals surface area contributed by atoms with Gasteiger partial charge in [0.15, 0.2) is 0 Å². The van der Waals surface area contributed by atoms with Crippen LogP contribution < -0.4 is 5.56 Å². The lowest BCUT2D eigenvalue weighted by atomic mass is 10.2. The van der Waals surface area contributed by atoms with Crippen LogP contribution in [0.25, 0.3) is 0 Å². The average Bonchev–Trinajstić information content (AvgIpc) is 2.41. The first-order chi connectivity index (χ1) is 10.6. The maximum atomic E-state index is 13.9. The minimum Gasteiger partial charge on any atom is -0.477 e. The van der Waals surface area contributed by atoms with Crippen LogP contribution in [0.1, 0.15) is 23.0 Å². The predicted octanol–water partition coefficient (Wildman–Crippen LogP) is 4.91. The summed E-state index contributed by atoms with van der Waals surface area (Å²) in [6, 6.07) is 5.89. The summed E-state index contributed by atoms with van der Waals surface area (Å²) < 4.78 is 13.9. The molecule has 0 aliphatic carbocycles. The summed E-state index contributed by atoms with van der Waals surface area (Å²) in [5, 5.41) is 7.41. The van der Waals surface area contributed by atoms with Gasteiger partial charge in [-0.2, -0.15) is 0 Å². The highest BCUT2D eigenvalue weighted by Crippen LogP contribution is 2.40. The number of hydrogen-bond donors (Lipinski definition) is 2. The third-order valence-electron chi connectivity index (χ3n) is 2.81. The molecule has 2 rings (SSSR count). The van der Waals surface area contributed by atoms with E-state index in [0.717, 1.165) is 24.8 Å². The van der Waals surface area contributed by atoms with Gasteiger partial charge in [-0.15, -0.1) is 0 Å². The Morgan fingerprint density at radius 3 is 2.39 bits per heavy atom. The van der Waals surface area contributed by atoms with Crippen molar-refractivity contribution in [1.29, 1.82) is 0 Å². The third kappa shape index (κ3) is 4.01. The van der Waals surface area contributed by atoms with Crippen LogP contribution in [0.15, 0.2) is 38.9 Å². The zero-order valence-corrected chi connectivity index (χ0v) is 14.6. The molecular weight excluding hydrogens is 388 g/mol. The van der Waals surface area contributed by atoms with Gasteiger partial charge >= 0.3 is 5.97 Å². The molecule has 0 saturated carbocycles. The Labute approximate surface area is 149 Å². The number of carboxylic acids is 1. The molecule has 9 heteroatoms. The number of H-pyrrole nitrogens is 1. The van der Waals surface area contributed by atoms with Crippen molar-refractivity contribution in [2.45, 2.75) is 21.8 Å². The van der Waals surface area contributed by atoms with Gasteiger partial charge in [0.05, 0.1) is 15.7 Å². The molecule has 0 bridgehead atoms. The zero-order valence-electron chi connectivity index (χ0n) is 11.5. The third-order valence-corrected chi connectivity index (χ3v) is 5.06. The fourth-order valence-corrected chi connectivity index (χ4v) is 3.49. The summed E-state index contributed by atoms with van der Waals surface area (Å²) in [7, 11) is 0. The first-order valence-corrected chi connectivity index (χ1v) is 8.07. The van der Waals surface area contributed by atoms with E-state index in [1.165, 1.54) is 0 Å². The lowest BCUT2D eigenvalue weighted by Crippen LogP contribution is -2.23. The van der Waals surface area contributed by atoms with Gasteiger partial charge in [-0.1, -0.05) is 52.6 Å². The Morgan fingerprint density at radius 1 is 1.35 bits per heavy atom. The summed E-state index contributed by atoms with van der Waals surface area (Å²) in [5.74, 6) is -1.46. The van der Waals surface area contributed by atoms with Gasteiger partial charge in [0.2, 0.25) is 5.13 Å². The molecular formula is C14H9Cl3FNO3S. The standard InChI is InChI=1S/C14H9Cl3FNO3S/c1-14(17,18)9-5-8(10(13(21)22)12(20)19-9)23-11-6(15)3-2-4-7(11)16/h2-5H,1H3,(H,19,20)(H,21,22). The van der Waals surface area contributed by atoms with Gasteiger partial charge in [0, 0.05) is 9.79 Å². The van der Waals surface area contributed by atoms with E-state index in [-0.39, 0.29) is 20.6 Å². The van der Waals surface area contributed by atoms with Crippen molar-refractivity contribution in [1.82, 2.24) is 4.98 Å². The maximum Gasteiger partial charge on any atom is 0.342 e. The molecule has 2 N–H and O–H groups in total. The van der Waals surface area contributed by atoms with E-state index in [9.17, 15) is 19.1 Å². The van der Waals surface area contributed by atoms with E-state index in [1.54, 1.807) is 18.2 Å². The molecule has 0 amide bonds. The lowest BCUT2D eigenvalue weighted by Gasteiger charge is -2.15. The first-order valence-electron chi connectivity index (χ1n) is 6.12. The maximum absolute atomic E-state index is 13.9. The van der Waals surface area contributed by atoms with Crippen molar-refractivity contribution in [2.24, 2.45) is 0 Å². The number of benzene rings is 1. The molecule has 0 aliphatic heterocycles. The molecule has 1 unspecified atom stereocenters. The fourth-order valence-electron chi connectivity index (χ4n) is 1.75. The monoisotopic (exact) mass is 395 g/mol. The number of rotatable bonds is 4. The number of alkyl halides is 2. The number of nitrogens with one attached hydrogen (secondary N) is 1. The van der Waals surface area contributed by atoms with E-state index >= 15 is 0 Å². The number of carbonyl (C=O) groups is 1. The molecule has 1 aromatic heterocycles. The van der Waals surface area contributed by atoms with Crippen LogP contribution in [-0.4, -0.2) is 16.1 Å². The van der Waals surface area contributed by atoms with E-state index in [1.807, 2.05) is 0 Å². The fraction of sp³-hybridized carbons (Fsp3) is 0.143. The largest absolute Gasteiger partial charge is 0.477 e. The second kappa shape index (κ2) is 6.73. The summed E-state index contributed by atoms with van der Waals surface area (Å²) in [6.07, 6.45) is 0. The first kappa shape index (κ1) is 18.1. The number of carboxylic acid groups (broad SMARTS) is 1. The second-order valence-electron chi connectivity index (χ2n) is 4.60. The molecule has 23 heavy (non-hydrogen) atoms. The molecule has 0 fully saturated rings. The van der Waals surface area contributed by atoms with Crippen molar-refractivity contribution in [3.63, 3.8) is 0 Å². The Morgan fingerprint density at radius 2 is 1.91 bits per heavy atom. The minimum absolute atomic E-state index is 0.0178. The topological polar surface area (TPSA) is 70.2 Å². The number of pyridine rings is 1. The van der Waals surface area contributed by atoms with Crippen molar-refractivity contribution < 1.29 is 14.3 Å². The van der Waals surface area contributed by atoms with Crippen molar-refractivity contribution >= 4 is 52.5 Å². The van der Waals surface area contributed by atoms with Crippen LogP contribution in [0, 0.1) is 0 Å². The van der Waals surface area contributed by atoms with Gasteiger partial charge in [0.1, 0.15) is 5.56 Å². The van der Waals surface area contributed by atoms with Crippen molar-refractivity contribution in [2.75, 3.05) is 0 Å². The number of aromatic carboxylic acids is 1.